The van der Waals surface area contributed by atoms with Crippen molar-refractivity contribution < 1.29 is 22.7 Å². The Labute approximate surface area is 180 Å². The van der Waals surface area contributed by atoms with Crippen LogP contribution in [0.15, 0.2) is 12.3 Å². The van der Waals surface area contributed by atoms with Crippen LogP contribution >= 0.6 is 0 Å². The van der Waals surface area contributed by atoms with Gasteiger partial charge >= 0.3 is 6.18 Å². The number of amides is 1. The van der Waals surface area contributed by atoms with Crippen LogP contribution in [0, 0.1) is 17.3 Å². The van der Waals surface area contributed by atoms with E-state index >= 15 is 0 Å². The third kappa shape index (κ3) is 3.46. The molecule has 0 aromatic carbocycles. The lowest BCUT2D eigenvalue weighted by molar-refractivity contribution is -0.138. The molecule has 170 valence electrons. The van der Waals surface area contributed by atoms with Gasteiger partial charge in [0.15, 0.2) is 0 Å². The number of rotatable bonds is 2. The number of hydrogen-bond donors (Lipinski definition) is 1. The molecule has 4 heterocycles. The van der Waals surface area contributed by atoms with E-state index in [-0.39, 0.29) is 24.4 Å². The van der Waals surface area contributed by atoms with Crippen molar-refractivity contribution in [3.8, 4) is 0 Å². The molecule has 4 unspecified atom stereocenters. The van der Waals surface area contributed by atoms with E-state index in [9.17, 15) is 18.0 Å². The zero-order valence-corrected chi connectivity index (χ0v) is 18.0. The number of ether oxygens (including phenoxy) is 1. The number of nitrogens with one attached hydrogen (secondary N) is 1. The zero-order valence-electron chi connectivity index (χ0n) is 18.0. The minimum absolute atomic E-state index is 0.0185. The summed E-state index contributed by atoms with van der Waals surface area (Å²) in [6.07, 6.45) is 0.644. The molecule has 0 radical (unpaired) electrons. The molecule has 1 amide bonds. The highest BCUT2D eigenvalue weighted by Crippen LogP contribution is 2.54. The first kappa shape index (κ1) is 21.2. The molecular weight excluding hydrogens is 407 g/mol. The molecule has 1 spiro atoms. The Morgan fingerprint density at radius 3 is 2.84 bits per heavy atom. The van der Waals surface area contributed by atoms with Gasteiger partial charge in [-0.05, 0) is 49.1 Å². The molecule has 4 aliphatic rings. The third-order valence-electron chi connectivity index (χ3n) is 8.31. The first-order valence-corrected chi connectivity index (χ1v) is 11.4. The average molecular weight is 438 g/mol. The van der Waals surface area contributed by atoms with E-state index in [1.54, 1.807) is 0 Å². The fraction of sp³-hybridized carbons (Fsp3) is 0.739. The van der Waals surface area contributed by atoms with Gasteiger partial charge in [0.2, 0.25) is 5.91 Å². The van der Waals surface area contributed by atoms with Gasteiger partial charge in [-0.3, -0.25) is 9.78 Å². The summed E-state index contributed by atoms with van der Waals surface area (Å²) in [4.78, 5) is 19.6. The molecule has 5 rings (SSSR count). The standard InChI is InChI=1S/C23H30F3N3O2/c1-13-12-31-6-4-18(13)28-17-3-5-22(9-17)14(2)20-8-19-15(11-29(20)21(22)30)7-16(10-27-19)23(24,25)26/h7,10,13-14,17-18,20,28H,3-6,8-9,11-12H2,1-2H3/t13?,14?,17-,18?,20?,22+/m1/s1. The van der Waals surface area contributed by atoms with E-state index in [1.165, 1.54) is 6.07 Å². The number of alkyl halides is 3. The third-order valence-corrected chi connectivity index (χ3v) is 8.31. The Morgan fingerprint density at radius 1 is 1.29 bits per heavy atom. The lowest BCUT2D eigenvalue weighted by Crippen LogP contribution is -2.46. The quantitative estimate of drug-likeness (QED) is 0.769. The van der Waals surface area contributed by atoms with Crippen LogP contribution in [-0.2, 0) is 28.7 Å². The van der Waals surface area contributed by atoms with Gasteiger partial charge in [-0.2, -0.15) is 13.2 Å². The van der Waals surface area contributed by atoms with Crippen LogP contribution in [0.2, 0.25) is 0 Å². The van der Waals surface area contributed by atoms with Gasteiger partial charge in [0.05, 0.1) is 17.6 Å². The molecule has 31 heavy (non-hydrogen) atoms. The smallest absolute Gasteiger partial charge is 0.381 e. The maximum atomic E-state index is 13.6. The van der Waals surface area contributed by atoms with Crippen molar-refractivity contribution in [2.24, 2.45) is 17.3 Å². The molecule has 1 aliphatic carbocycles. The van der Waals surface area contributed by atoms with Gasteiger partial charge in [-0.25, -0.2) is 0 Å². The summed E-state index contributed by atoms with van der Waals surface area (Å²) >= 11 is 0. The number of pyridine rings is 1. The van der Waals surface area contributed by atoms with E-state index in [4.69, 9.17) is 4.74 Å². The summed E-state index contributed by atoms with van der Waals surface area (Å²) in [5.74, 6) is 0.741. The SMILES string of the molecule is CC1COCCC1N[C@@H]1CC[C@@]2(C1)C(=O)N1Cc3cc(C(F)(F)F)cnc3CC1C2C. The molecule has 1 saturated carbocycles. The van der Waals surface area contributed by atoms with Gasteiger partial charge in [0.1, 0.15) is 0 Å². The largest absolute Gasteiger partial charge is 0.417 e. The number of halogens is 3. The van der Waals surface area contributed by atoms with Gasteiger partial charge in [-0.1, -0.05) is 13.8 Å². The van der Waals surface area contributed by atoms with Crippen LogP contribution in [-0.4, -0.2) is 47.1 Å². The Balaban J connectivity index is 1.34. The van der Waals surface area contributed by atoms with E-state index in [0.717, 1.165) is 45.1 Å². The number of hydrogen-bond acceptors (Lipinski definition) is 4. The first-order chi connectivity index (χ1) is 14.7. The van der Waals surface area contributed by atoms with Crippen LogP contribution in [0.5, 0.6) is 0 Å². The summed E-state index contributed by atoms with van der Waals surface area (Å²) in [5, 5.41) is 3.79. The van der Waals surface area contributed by atoms with Crippen LogP contribution in [0.25, 0.3) is 0 Å². The Bertz CT molecular complexity index is 876. The predicted octanol–water partition coefficient (Wildman–Crippen LogP) is 3.56. The number of fused-ring (bicyclic) bond motifs is 2. The van der Waals surface area contributed by atoms with Crippen molar-refractivity contribution in [3.05, 3.63) is 29.1 Å². The van der Waals surface area contributed by atoms with Gasteiger partial charge in [0, 0.05) is 49.6 Å². The molecular formula is C23H30F3N3O2. The Hall–Kier alpha value is -1.67. The number of carbonyl (C=O) groups is 1. The number of carbonyl (C=O) groups excluding carboxylic acids is 1. The van der Waals surface area contributed by atoms with Crippen LogP contribution in [0.1, 0.15) is 56.4 Å². The molecule has 0 bridgehead atoms. The molecule has 3 fully saturated rings. The van der Waals surface area contributed by atoms with Gasteiger partial charge in [0.25, 0.3) is 0 Å². The van der Waals surface area contributed by atoms with E-state index in [0.29, 0.717) is 35.7 Å². The molecule has 5 nitrogen and oxygen atoms in total. The Morgan fingerprint density at radius 2 is 2.10 bits per heavy atom. The highest BCUT2D eigenvalue weighted by atomic mass is 19.4. The highest BCUT2D eigenvalue weighted by molar-refractivity contribution is 5.87. The minimum Gasteiger partial charge on any atom is -0.381 e. The minimum atomic E-state index is -4.42. The highest BCUT2D eigenvalue weighted by Gasteiger charge is 2.60. The molecule has 8 heteroatoms. The van der Waals surface area contributed by atoms with Crippen molar-refractivity contribution in [1.82, 2.24) is 15.2 Å². The van der Waals surface area contributed by atoms with Crippen LogP contribution in [0.3, 0.4) is 0 Å². The molecule has 3 aliphatic heterocycles. The average Bonchev–Trinajstić information content (AvgIpc) is 3.24. The first-order valence-electron chi connectivity index (χ1n) is 11.4. The maximum absolute atomic E-state index is 13.6. The maximum Gasteiger partial charge on any atom is 0.417 e. The second-order valence-electron chi connectivity index (χ2n) is 10.0. The summed E-state index contributed by atoms with van der Waals surface area (Å²) in [6, 6.07) is 1.91. The van der Waals surface area contributed by atoms with Crippen molar-refractivity contribution in [3.63, 3.8) is 0 Å². The molecule has 1 N–H and O–H groups in total. The lowest BCUT2D eigenvalue weighted by atomic mass is 9.73. The summed E-state index contributed by atoms with van der Waals surface area (Å²) < 4.78 is 44.9. The fourth-order valence-electron chi connectivity index (χ4n) is 6.40. The predicted molar refractivity (Wildman–Crippen MR) is 108 cm³/mol. The van der Waals surface area contributed by atoms with Gasteiger partial charge in [-0.15, -0.1) is 0 Å². The molecule has 1 aromatic heterocycles. The van der Waals surface area contributed by atoms with Gasteiger partial charge < -0.3 is 15.0 Å². The van der Waals surface area contributed by atoms with Crippen LogP contribution in [0.4, 0.5) is 13.2 Å². The summed E-state index contributed by atoms with van der Waals surface area (Å²) in [6.45, 7) is 6.13. The monoisotopic (exact) mass is 437 g/mol. The second kappa shape index (κ2) is 7.44. The number of nitrogens with zero attached hydrogens (tertiary/aromatic N) is 2. The van der Waals surface area contributed by atoms with Crippen molar-refractivity contribution in [2.45, 2.75) is 76.8 Å². The van der Waals surface area contributed by atoms with E-state index in [2.05, 4.69) is 24.1 Å². The Kier molecular flexibility index (Phi) is 5.09. The number of aromatic nitrogens is 1. The van der Waals surface area contributed by atoms with Crippen molar-refractivity contribution >= 4 is 5.91 Å². The lowest BCUT2D eigenvalue weighted by Gasteiger charge is -2.33. The topological polar surface area (TPSA) is 54.5 Å². The molecule has 1 aromatic rings. The summed E-state index contributed by atoms with van der Waals surface area (Å²) in [5.41, 5.74) is 0.0860. The van der Waals surface area contributed by atoms with Crippen LogP contribution < -0.4 is 5.32 Å². The molecule has 2 saturated heterocycles. The normalized spacial score (nSPS) is 37.9. The zero-order chi connectivity index (χ0) is 22.0. The second-order valence-corrected chi connectivity index (χ2v) is 10.0. The summed E-state index contributed by atoms with van der Waals surface area (Å²) in [7, 11) is 0. The molecule has 6 atom stereocenters. The van der Waals surface area contributed by atoms with E-state index < -0.39 is 17.2 Å². The van der Waals surface area contributed by atoms with Crippen molar-refractivity contribution in [1.29, 1.82) is 0 Å². The van der Waals surface area contributed by atoms with Crippen molar-refractivity contribution in [2.75, 3.05) is 13.2 Å². The van der Waals surface area contributed by atoms with E-state index in [1.807, 2.05) is 4.90 Å². The fourth-order valence-corrected chi connectivity index (χ4v) is 6.40.